The Morgan fingerprint density at radius 2 is 2.12 bits per heavy atom. The summed E-state index contributed by atoms with van der Waals surface area (Å²) in [6, 6.07) is 5.27. The number of carbonyl (C=O) groups excluding carboxylic acids is 2. The summed E-state index contributed by atoms with van der Waals surface area (Å²) in [6.07, 6.45) is 4.67. The van der Waals surface area contributed by atoms with Gasteiger partial charge in [0, 0.05) is 44.6 Å². The zero-order valence-corrected chi connectivity index (χ0v) is 14.4. The van der Waals surface area contributed by atoms with Gasteiger partial charge in [-0.2, -0.15) is 0 Å². The molecular weight excluding hydrogens is 334 g/mol. The Morgan fingerprint density at radius 1 is 1.23 bits per heavy atom. The predicted octanol–water partition coefficient (Wildman–Crippen LogP) is -0.269. The number of rotatable bonds is 2. The first-order valence-corrected chi connectivity index (χ1v) is 8.91. The molecule has 2 aliphatic rings. The average molecular weight is 355 g/mol. The normalized spacial score (nSPS) is 21.2. The van der Waals surface area contributed by atoms with Gasteiger partial charge in [-0.1, -0.05) is 6.07 Å². The highest BCUT2D eigenvalue weighted by molar-refractivity contribution is 5.94. The van der Waals surface area contributed by atoms with E-state index in [4.69, 9.17) is 0 Å². The van der Waals surface area contributed by atoms with Gasteiger partial charge in [-0.25, -0.2) is 4.98 Å². The number of pyridine rings is 1. The maximum absolute atomic E-state index is 12.9. The van der Waals surface area contributed by atoms with Crippen LogP contribution < -0.4 is 10.9 Å². The smallest absolute Gasteiger partial charge is 0.270 e. The van der Waals surface area contributed by atoms with Crippen LogP contribution in [0.15, 0.2) is 35.4 Å². The predicted molar refractivity (Wildman–Crippen MR) is 95.0 cm³/mol. The number of hydrogen-bond acceptors (Lipinski definition) is 5. The largest absolute Gasteiger partial charge is 0.336 e. The van der Waals surface area contributed by atoms with Crippen molar-refractivity contribution < 1.29 is 9.59 Å². The van der Waals surface area contributed by atoms with E-state index in [2.05, 4.69) is 10.3 Å². The van der Waals surface area contributed by atoms with Gasteiger partial charge >= 0.3 is 0 Å². The Hall–Kier alpha value is -2.74. The Kier molecular flexibility index (Phi) is 4.42. The molecule has 0 aromatic carbocycles. The molecule has 0 aliphatic carbocycles. The molecule has 2 aromatic heterocycles. The molecule has 0 bridgehead atoms. The molecule has 2 aliphatic heterocycles. The highest BCUT2D eigenvalue weighted by atomic mass is 16.2. The molecular formula is C18H21N5O3. The van der Waals surface area contributed by atoms with Crippen LogP contribution in [0.1, 0.15) is 23.2 Å². The molecule has 1 atom stereocenters. The van der Waals surface area contributed by atoms with Gasteiger partial charge in [-0.15, -0.1) is 0 Å². The number of hydrogen-bond donors (Lipinski definition) is 1. The molecule has 0 radical (unpaired) electrons. The van der Waals surface area contributed by atoms with Crippen LogP contribution in [0.25, 0.3) is 5.65 Å². The van der Waals surface area contributed by atoms with Gasteiger partial charge in [0.15, 0.2) is 0 Å². The van der Waals surface area contributed by atoms with Gasteiger partial charge in [-0.3, -0.25) is 18.8 Å². The number of nitrogens with one attached hydrogen (secondary N) is 1. The SMILES string of the molecule is O=C(c1cnc2ccccn2c1=O)N1CCCC(N2CCNCC2=O)C1. The van der Waals surface area contributed by atoms with Crippen molar-refractivity contribution in [3.8, 4) is 0 Å². The summed E-state index contributed by atoms with van der Waals surface area (Å²) in [4.78, 5) is 45.5. The van der Waals surface area contributed by atoms with Crippen molar-refractivity contribution in [3.05, 3.63) is 46.5 Å². The van der Waals surface area contributed by atoms with Crippen LogP contribution in [0.3, 0.4) is 0 Å². The summed E-state index contributed by atoms with van der Waals surface area (Å²) < 4.78 is 1.38. The standard InChI is InChI=1S/C18H21N5O3/c24-16-11-19-6-9-22(16)13-4-3-7-21(12-13)17(25)14-10-20-15-5-1-2-8-23(15)18(14)26/h1-2,5,8,10,13,19H,3-4,6-7,9,11-12H2. The molecule has 8 heteroatoms. The Bertz CT molecular complexity index is 909. The van der Waals surface area contributed by atoms with Crippen LogP contribution in [0.4, 0.5) is 0 Å². The van der Waals surface area contributed by atoms with Crippen molar-refractivity contribution in [2.24, 2.45) is 0 Å². The third-order valence-electron chi connectivity index (χ3n) is 5.09. The summed E-state index contributed by atoms with van der Waals surface area (Å²) in [6.45, 7) is 2.83. The molecule has 2 amide bonds. The van der Waals surface area contributed by atoms with E-state index in [0.29, 0.717) is 31.8 Å². The highest BCUT2D eigenvalue weighted by Crippen LogP contribution is 2.18. The number of aromatic nitrogens is 2. The molecule has 2 fully saturated rings. The zero-order valence-electron chi connectivity index (χ0n) is 14.4. The van der Waals surface area contributed by atoms with Crippen LogP contribution in [0, 0.1) is 0 Å². The molecule has 2 saturated heterocycles. The number of likely N-dealkylation sites (tertiary alicyclic amines) is 1. The molecule has 4 heterocycles. The van der Waals surface area contributed by atoms with Crippen LogP contribution >= 0.6 is 0 Å². The first-order valence-electron chi connectivity index (χ1n) is 8.91. The third-order valence-corrected chi connectivity index (χ3v) is 5.09. The average Bonchev–Trinajstić information content (AvgIpc) is 2.68. The van der Waals surface area contributed by atoms with Crippen LogP contribution in [-0.2, 0) is 4.79 Å². The lowest BCUT2D eigenvalue weighted by atomic mass is 10.0. The zero-order chi connectivity index (χ0) is 18.1. The monoisotopic (exact) mass is 355 g/mol. The van der Waals surface area contributed by atoms with Crippen LogP contribution in [-0.4, -0.2) is 69.8 Å². The second kappa shape index (κ2) is 6.87. The Balaban J connectivity index is 1.57. The molecule has 8 nitrogen and oxygen atoms in total. The Morgan fingerprint density at radius 3 is 2.96 bits per heavy atom. The van der Waals surface area contributed by atoms with Crippen LogP contribution in [0.5, 0.6) is 0 Å². The summed E-state index contributed by atoms with van der Waals surface area (Å²) >= 11 is 0. The molecule has 1 unspecified atom stereocenters. The van der Waals surface area contributed by atoms with E-state index in [0.717, 1.165) is 19.4 Å². The van der Waals surface area contributed by atoms with Crippen molar-refractivity contribution in [2.45, 2.75) is 18.9 Å². The first kappa shape index (κ1) is 16.7. The number of carbonyl (C=O) groups is 2. The van der Waals surface area contributed by atoms with Crippen molar-refractivity contribution in [2.75, 3.05) is 32.7 Å². The summed E-state index contributed by atoms with van der Waals surface area (Å²) in [5, 5.41) is 3.06. The van der Waals surface area contributed by atoms with Crippen molar-refractivity contribution in [1.82, 2.24) is 24.5 Å². The molecule has 0 spiro atoms. The van der Waals surface area contributed by atoms with Gasteiger partial charge < -0.3 is 15.1 Å². The molecule has 26 heavy (non-hydrogen) atoms. The maximum Gasteiger partial charge on any atom is 0.270 e. The number of amides is 2. The minimum atomic E-state index is -0.360. The second-order valence-electron chi connectivity index (χ2n) is 6.72. The molecule has 4 rings (SSSR count). The van der Waals surface area contributed by atoms with Gasteiger partial charge in [-0.05, 0) is 25.0 Å². The summed E-state index contributed by atoms with van der Waals surface area (Å²) in [5.74, 6) is -0.240. The van der Waals surface area contributed by atoms with E-state index in [1.807, 2.05) is 4.90 Å². The van der Waals surface area contributed by atoms with E-state index in [1.165, 1.54) is 10.6 Å². The maximum atomic E-state index is 12.9. The number of piperazine rings is 1. The summed E-state index contributed by atoms with van der Waals surface area (Å²) in [7, 11) is 0. The minimum absolute atomic E-state index is 0.0125. The number of nitrogens with zero attached hydrogens (tertiary/aromatic N) is 4. The van der Waals surface area contributed by atoms with Gasteiger partial charge in [0.1, 0.15) is 11.2 Å². The minimum Gasteiger partial charge on any atom is -0.336 e. The van der Waals surface area contributed by atoms with Gasteiger partial charge in [0.05, 0.1) is 6.54 Å². The van der Waals surface area contributed by atoms with Crippen molar-refractivity contribution in [1.29, 1.82) is 0 Å². The van der Waals surface area contributed by atoms with E-state index >= 15 is 0 Å². The first-order chi connectivity index (χ1) is 12.6. The quantitative estimate of drug-likeness (QED) is 0.801. The lowest BCUT2D eigenvalue weighted by Crippen LogP contribution is -2.57. The number of piperidine rings is 1. The van der Waals surface area contributed by atoms with E-state index in [1.54, 1.807) is 29.3 Å². The van der Waals surface area contributed by atoms with Crippen molar-refractivity contribution >= 4 is 17.5 Å². The van der Waals surface area contributed by atoms with Gasteiger partial charge in [0.25, 0.3) is 11.5 Å². The topological polar surface area (TPSA) is 87.0 Å². The fraction of sp³-hybridized carbons (Fsp3) is 0.444. The molecule has 136 valence electrons. The second-order valence-corrected chi connectivity index (χ2v) is 6.72. The lowest BCUT2D eigenvalue weighted by molar-refractivity contribution is -0.135. The van der Waals surface area contributed by atoms with E-state index in [-0.39, 0.29) is 29.0 Å². The number of fused-ring (bicyclic) bond motifs is 1. The van der Waals surface area contributed by atoms with Crippen LogP contribution in [0.2, 0.25) is 0 Å². The fourth-order valence-electron chi connectivity index (χ4n) is 3.74. The molecule has 0 saturated carbocycles. The Labute approximate surface area is 150 Å². The third kappa shape index (κ3) is 2.96. The van der Waals surface area contributed by atoms with E-state index in [9.17, 15) is 14.4 Å². The lowest BCUT2D eigenvalue weighted by Gasteiger charge is -2.41. The van der Waals surface area contributed by atoms with Crippen molar-refractivity contribution in [3.63, 3.8) is 0 Å². The van der Waals surface area contributed by atoms with E-state index < -0.39 is 0 Å². The highest BCUT2D eigenvalue weighted by Gasteiger charge is 2.32. The fourth-order valence-corrected chi connectivity index (χ4v) is 3.74. The summed E-state index contributed by atoms with van der Waals surface area (Å²) in [5.41, 5.74) is 0.221. The van der Waals surface area contributed by atoms with Gasteiger partial charge in [0.2, 0.25) is 5.91 Å². The molecule has 2 aromatic rings. The molecule has 1 N–H and O–H groups in total.